The first-order valence-electron chi connectivity index (χ1n) is 8.46. The highest BCUT2D eigenvalue weighted by molar-refractivity contribution is 5.92. The molecule has 0 aromatic carbocycles. The first kappa shape index (κ1) is 16.9. The summed E-state index contributed by atoms with van der Waals surface area (Å²) in [6.45, 7) is 1.09. The molecule has 26 heavy (non-hydrogen) atoms. The quantitative estimate of drug-likeness (QED) is 0.901. The third-order valence-corrected chi connectivity index (χ3v) is 4.66. The van der Waals surface area contributed by atoms with E-state index >= 15 is 0 Å². The first-order chi connectivity index (χ1) is 12.4. The van der Waals surface area contributed by atoms with Crippen LogP contribution in [0.5, 0.6) is 0 Å². The molecular weight excluding hydrogens is 349 g/mol. The maximum Gasteiger partial charge on any atom is 0.417 e. The molecule has 6 nitrogen and oxygen atoms in total. The number of rotatable bonds is 4. The fraction of sp³-hybridized carbons (Fsp3) is 0.471. The van der Waals surface area contributed by atoms with Crippen LogP contribution < -0.4 is 10.2 Å². The lowest BCUT2D eigenvalue weighted by Gasteiger charge is -2.18. The summed E-state index contributed by atoms with van der Waals surface area (Å²) in [6.07, 6.45) is -0.760. The summed E-state index contributed by atoms with van der Waals surface area (Å²) in [6, 6.07) is 3.93. The number of carbonyl (C=O) groups excluding carboxylic acids is 1. The van der Waals surface area contributed by atoms with Crippen molar-refractivity contribution in [2.24, 2.45) is 0 Å². The molecule has 4 rings (SSSR count). The number of anilines is 1. The lowest BCUT2D eigenvalue weighted by atomic mass is 10.2. The molecule has 2 fully saturated rings. The molecule has 2 aromatic rings. The molecule has 2 aliphatic rings. The number of pyridine rings is 1. The molecule has 138 valence electrons. The van der Waals surface area contributed by atoms with E-state index < -0.39 is 11.7 Å². The van der Waals surface area contributed by atoms with Crippen LogP contribution in [0.3, 0.4) is 0 Å². The highest BCUT2D eigenvalue weighted by Crippen LogP contribution is 2.40. The first-order valence-corrected chi connectivity index (χ1v) is 8.46. The number of amides is 1. The smallest absolute Gasteiger partial charge is 0.360 e. The van der Waals surface area contributed by atoms with Gasteiger partial charge in [-0.1, -0.05) is 5.16 Å². The zero-order valence-electron chi connectivity index (χ0n) is 13.8. The standard InChI is InChI=1S/C17H17F3N4O2/c18-17(19,20)11-3-4-15(21-8-11)24-6-5-12(9-24)22-16(25)13-7-14(26-23-13)10-1-2-10/h3-4,7-8,10,12H,1-2,5-6,9H2,(H,22,25). The van der Waals surface area contributed by atoms with Crippen LogP contribution in [-0.4, -0.2) is 35.2 Å². The van der Waals surface area contributed by atoms with Crippen molar-refractivity contribution in [1.82, 2.24) is 15.5 Å². The lowest BCUT2D eigenvalue weighted by Crippen LogP contribution is -2.37. The Morgan fingerprint density at radius 2 is 2.08 bits per heavy atom. The van der Waals surface area contributed by atoms with Gasteiger partial charge in [-0.3, -0.25) is 4.79 Å². The van der Waals surface area contributed by atoms with Crippen LogP contribution in [0, 0.1) is 0 Å². The van der Waals surface area contributed by atoms with E-state index in [1.165, 1.54) is 6.07 Å². The fourth-order valence-corrected chi connectivity index (χ4v) is 3.04. The van der Waals surface area contributed by atoms with Crippen LogP contribution in [0.1, 0.15) is 47.0 Å². The number of halogens is 3. The Morgan fingerprint density at radius 1 is 1.27 bits per heavy atom. The van der Waals surface area contributed by atoms with Gasteiger partial charge in [0.2, 0.25) is 0 Å². The van der Waals surface area contributed by atoms with E-state index in [1.807, 2.05) is 4.90 Å². The largest absolute Gasteiger partial charge is 0.417 e. The van der Waals surface area contributed by atoms with Crippen LogP contribution in [0.4, 0.5) is 19.0 Å². The van der Waals surface area contributed by atoms with Crippen molar-refractivity contribution in [3.8, 4) is 0 Å². The number of carbonyl (C=O) groups is 1. The number of nitrogens with one attached hydrogen (secondary N) is 1. The number of hydrogen-bond acceptors (Lipinski definition) is 5. The molecule has 1 unspecified atom stereocenters. The Kier molecular flexibility index (Phi) is 4.08. The molecule has 1 amide bonds. The summed E-state index contributed by atoms with van der Waals surface area (Å²) in [4.78, 5) is 18.0. The summed E-state index contributed by atoms with van der Waals surface area (Å²) >= 11 is 0. The minimum Gasteiger partial charge on any atom is -0.360 e. The molecule has 9 heteroatoms. The van der Waals surface area contributed by atoms with Gasteiger partial charge in [0, 0.05) is 37.3 Å². The summed E-state index contributed by atoms with van der Waals surface area (Å²) in [7, 11) is 0. The maximum absolute atomic E-state index is 12.6. The van der Waals surface area contributed by atoms with E-state index in [9.17, 15) is 18.0 Å². The van der Waals surface area contributed by atoms with Gasteiger partial charge >= 0.3 is 6.18 Å². The molecular formula is C17H17F3N4O2. The Bertz CT molecular complexity index is 799. The van der Waals surface area contributed by atoms with E-state index in [1.54, 1.807) is 6.07 Å². The van der Waals surface area contributed by atoms with Crippen LogP contribution in [0.2, 0.25) is 0 Å². The van der Waals surface area contributed by atoms with Gasteiger partial charge in [-0.2, -0.15) is 13.2 Å². The molecule has 3 heterocycles. The van der Waals surface area contributed by atoms with Crippen molar-refractivity contribution in [2.45, 2.75) is 37.4 Å². The number of nitrogens with zero attached hydrogens (tertiary/aromatic N) is 3. The van der Waals surface area contributed by atoms with Gasteiger partial charge in [-0.05, 0) is 31.4 Å². The van der Waals surface area contributed by atoms with E-state index in [0.29, 0.717) is 31.2 Å². The molecule has 1 atom stereocenters. The van der Waals surface area contributed by atoms with E-state index in [0.717, 1.165) is 30.9 Å². The van der Waals surface area contributed by atoms with Crippen molar-refractivity contribution in [2.75, 3.05) is 18.0 Å². The van der Waals surface area contributed by atoms with Crippen LogP contribution in [-0.2, 0) is 6.18 Å². The topological polar surface area (TPSA) is 71.3 Å². The van der Waals surface area contributed by atoms with Crippen LogP contribution in [0.15, 0.2) is 28.9 Å². The third kappa shape index (κ3) is 3.51. The summed E-state index contributed by atoms with van der Waals surface area (Å²) < 4.78 is 43.0. The molecule has 0 radical (unpaired) electrons. The van der Waals surface area contributed by atoms with Crippen molar-refractivity contribution in [3.63, 3.8) is 0 Å². The zero-order valence-corrected chi connectivity index (χ0v) is 13.8. The van der Waals surface area contributed by atoms with Crippen molar-refractivity contribution >= 4 is 11.7 Å². The Balaban J connectivity index is 1.35. The summed E-state index contributed by atoms with van der Waals surface area (Å²) in [5.74, 6) is 1.30. The monoisotopic (exact) mass is 366 g/mol. The molecule has 1 saturated carbocycles. The van der Waals surface area contributed by atoms with E-state index in [-0.39, 0.29) is 17.6 Å². The van der Waals surface area contributed by atoms with Crippen molar-refractivity contribution in [3.05, 3.63) is 41.4 Å². The molecule has 1 aliphatic carbocycles. The summed E-state index contributed by atoms with van der Waals surface area (Å²) in [5, 5.41) is 6.70. The summed E-state index contributed by atoms with van der Waals surface area (Å²) in [5.41, 5.74) is -0.513. The van der Waals surface area contributed by atoms with Gasteiger partial charge in [0.15, 0.2) is 5.69 Å². The van der Waals surface area contributed by atoms with Gasteiger partial charge in [-0.25, -0.2) is 4.98 Å². The minimum atomic E-state index is -4.40. The average Bonchev–Trinajstić information content (AvgIpc) is 3.15. The molecule has 1 N–H and O–H groups in total. The van der Waals surface area contributed by atoms with Crippen LogP contribution >= 0.6 is 0 Å². The Morgan fingerprint density at radius 3 is 2.73 bits per heavy atom. The molecule has 0 spiro atoms. The average molecular weight is 366 g/mol. The molecule has 1 aliphatic heterocycles. The number of alkyl halides is 3. The SMILES string of the molecule is O=C(NC1CCN(c2ccc(C(F)(F)F)cn2)C1)c1cc(C2CC2)on1. The zero-order chi connectivity index (χ0) is 18.3. The molecule has 1 saturated heterocycles. The van der Waals surface area contributed by atoms with E-state index in [4.69, 9.17) is 4.52 Å². The third-order valence-electron chi connectivity index (χ3n) is 4.66. The van der Waals surface area contributed by atoms with Crippen LogP contribution in [0.25, 0.3) is 0 Å². The predicted molar refractivity (Wildman–Crippen MR) is 85.8 cm³/mol. The fourth-order valence-electron chi connectivity index (χ4n) is 3.04. The van der Waals surface area contributed by atoms with Crippen molar-refractivity contribution in [1.29, 1.82) is 0 Å². The van der Waals surface area contributed by atoms with Gasteiger partial charge in [-0.15, -0.1) is 0 Å². The van der Waals surface area contributed by atoms with E-state index in [2.05, 4.69) is 15.5 Å². The molecule has 0 bridgehead atoms. The normalized spacial score (nSPS) is 20.4. The van der Waals surface area contributed by atoms with Crippen molar-refractivity contribution < 1.29 is 22.5 Å². The number of aromatic nitrogens is 2. The maximum atomic E-state index is 12.6. The molecule has 2 aromatic heterocycles. The highest BCUT2D eigenvalue weighted by atomic mass is 19.4. The van der Waals surface area contributed by atoms with Gasteiger partial charge < -0.3 is 14.7 Å². The minimum absolute atomic E-state index is 0.118. The van der Waals surface area contributed by atoms with Gasteiger partial charge in [0.1, 0.15) is 11.6 Å². The second kappa shape index (κ2) is 6.30. The Hall–Kier alpha value is -2.58. The highest BCUT2D eigenvalue weighted by Gasteiger charge is 2.32. The second-order valence-corrected chi connectivity index (χ2v) is 6.70. The Labute approximate surface area is 147 Å². The number of hydrogen-bond donors (Lipinski definition) is 1. The van der Waals surface area contributed by atoms with Gasteiger partial charge in [0.25, 0.3) is 5.91 Å². The lowest BCUT2D eigenvalue weighted by molar-refractivity contribution is -0.137. The second-order valence-electron chi connectivity index (χ2n) is 6.70. The van der Waals surface area contributed by atoms with Gasteiger partial charge in [0.05, 0.1) is 5.56 Å². The predicted octanol–water partition coefficient (Wildman–Crippen LogP) is 2.97.